The van der Waals surface area contributed by atoms with Crippen LogP contribution in [0.25, 0.3) is 0 Å². The zero-order valence-corrected chi connectivity index (χ0v) is 12.0. The molecule has 22 heavy (non-hydrogen) atoms. The van der Waals surface area contributed by atoms with E-state index >= 15 is 0 Å². The molecule has 122 valence electrons. The van der Waals surface area contributed by atoms with Crippen LogP contribution in [0.3, 0.4) is 0 Å². The third-order valence-electron chi connectivity index (χ3n) is 3.98. The molecule has 5 unspecified atom stereocenters. The minimum absolute atomic E-state index is 0.466. The molecule has 0 radical (unpaired) electrons. The number of hydrogen-bond acceptors (Lipinski definition) is 7. The lowest BCUT2D eigenvalue weighted by Crippen LogP contribution is -2.60. The average molecular weight is 312 g/mol. The van der Waals surface area contributed by atoms with Crippen LogP contribution in [0.5, 0.6) is 11.5 Å². The molecule has 1 fully saturated rings. The van der Waals surface area contributed by atoms with E-state index in [9.17, 15) is 15.3 Å². The smallest absolute Gasteiger partial charge is 0.229 e. The van der Waals surface area contributed by atoms with Crippen LogP contribution < -0.4 is 9.47 Å². The Balaban J connectivity index is 1.74. The van der Waals surface area contributed by atoms with E-state index in [-0.39, 0.29) is 0 Å². The maximum Gasteiger partial charge on any atom is 0.229 e. The Bertz CT molecular complexity index is 519. The summed E-state index contributed by atoms with van der Waals surface area (Å²) in [6.07, 6.45) is -4.60. The first-order valence-corrected chi connectivity index (χ1v) is 7.33. The van der Waals surface area contributed by atoms with Crippen molar-refractivity contribution in [1.29, 1.82) is 0 Å². The largest absolute Gasteiger partial charge is 0.493 e. The monoisotopic (exact) mass is 312 g/mol. The molecule has 0 saturated carbocycles. The minimum Gasteiger partial charge on any atom is -0.493 e. The van der Waals surface area contributed by atoms with Crippen LogP contribution in [-0.2, 0) is 11.2 Å². The Hall–Kier alpha value is -1.38. The Morgan fingerprint density at radius 1 is 1.14 bits per heavy atom. The van der Waals surface area contributed by atoms with Gasteiger partial charge in [-0.3, -0.25) is 0 Å². The number of aryl methyl sites for hydroxylation is 1. The van der Waals surface area contributed by atoms with Crippen LogP contribution in [0.15, 0.2) is 18.2 Å². The Morgan fingerprint density at radius 3 is 2.73 bits per heavy atom. The third-order valence-corrected chi connectivity index (χ3v) is 3.98. The summed E-state index contributed by atoms with van der Waals surface area (Å²) in [7, 11) is 0. The van der Waals surface area contributed by atoms with E-state index in [0.717, 1.165) is 24.2 Å². The van der Waals surface area contributed by atoms with Gasteiger partial charge in [-0.05, 0) is 36.6 Å². The fourth-order valence-corrected chi connectivity index (χ4v) is 2.71. The van der Waals surface area contributed by atoms with Gasteiger partial charge in [0, 0.05) is 0 Å². The summed E-state index contributed by atoms with van der Waals surface area (Å²) >= 11 is 0. The van der Waals surface area contributed by atoms with Gasteiger partial charge in [0.2, 0.25) is 6.29 Å². The minimum atomic E-state index is -1.45. The highest BCUT2D eigenvalue weighted by Gasteiger charge is 2.44. The predicted molar refractivity (Wildman–Crippen MR) is 74.7 cm³/mol. The summed E-state index contributed by atoms with van der Waals surface area (Å²) in [5, 5.41) is 38.6. The Morgan fingerprint density at radius 2 is 1.95 bits per heavy atom. The van der Waals surface area contributed by atoms with Gasteiger partial charge in [-0.15, -0.1) is 0 Å². The van der Waals surface area contributed by atoms with E-state index in [1.165, 1.54) is 0 Å². The number of hydrogen-bond donors (Lipinski definition) is 4. The predicted octanol–water partition coefficient (Wildman–Crippen LogP) is -0.810. The lowest BCUT2D eigenvalue weighted by molar-refractivity contribution is -0.277. The van der Waals surface area contributed by atoms with Crippen LogP contribution in [0.2, 0.25) is 0 Å². The molecule has 1 saturated heterocycles. The van der Waals surface area contributed by atoms with Gasteiger partial charge in [-0.25, -0.2) is 0 Å². The first-order chi connectivity index (χ1) is 10.6. The normalized spacial score (nSPS) is 34.6. The molecular formula is C15H20O7. The van der Waals surface area contributed by atoms with Crippen molar-refractivity contribution in [1.82, 2.24) is 0 Å². The van der Waals surface area contributed by atoms with Crippen LogP contribution in [0.1, 0.15) is 12.0 Å². The van der Waals surface area contributed by atoms with E-state index in [2.05, 4.69) is 0 Å². The van der Waals surface area contributed by atoms with Gasteiger partial charge < -0.3 is 34.6 Å². The summed E-state index contributed by atoms with van der Waals surface area (Å²) in [5.41, 5.74) is 1.01. The molecule has 0 amide bonds. The summed E-state index contributed by atoms with van der Waals surface area (Å²) < 4.78 is 16.4. The Kier molecular flexibility index (Phi) is 4.51. The molecule has 2 aliphatic rings. The summed E-state index contributed by atoms with van der Waals surface area (Å²) in [4.78, 5) is 0. The molecule has 0 aliphatic carbocycles. The number of aliphatic hydroxyl groups is 4. The fourth-order valence-electron chi connectivity index (χ4n) is 2.71. The van der Waals surface area contributed by atoms with E-state index in [1.807, 2.05) is 0 Å². The van der Waals surface area contributed by atoms with Crippen molar-refractivity contribution in [2.45, 2.75) is 43.5 Å². The highest BCUT2D eigenvalue weighted by atomic mass is 16.7. The number of benzene rings is 1. The van der Waals surface area contributed by atoms with E-state index in [0.29, 0.717) is 12.4 Å². The van der Waals surface area contributed by atoms with Crippen molar-refractivity contribution in [2.24, 2.45) is 0 Å². The molecule has 5 atom stereocenters. The topological polar surface area (TPSA) is 109 Å². The van der Waals surface area contributed by atoms with Gasteiger partial charge in [0.05, 0.1) is 13.2 Å². The van der Waals surface area contributed by atoms with Crippen molar-refractivity contribution in [3.8, 4) is 11.5 Å². The standard InChI is InChI=1S/C15H20O7/c16-7-11-12(17)13(18)14(19)15(22-11)21-9-3-4-10-8(6-9)2-1-5-20-10/h3-4,6,11-19H,1-2,5,7H2. The van der Waals surface area contributed by atoms with Crippen molar-refractivity contribution < 1.29 is 34.6 Å². The maximum absolute atomic E-state index is 9.95. The molecule has 2 heterocycles. The first kappa shape index (κ1) is 15.5. The zero-order valence-electron chi connectivity index (χ0n) is 12.0. The third kappa shape index (κ3) is 2.90. The molecular weight excluding hydrogens is 292 g/mol. The maximum atomic E-state index is 9.95. The van der Waals surface area contributed by atoms with E-state index < -0.39 is 37.3 Å². The molecule has 0 bridgehead atoms. The molecule has 1 aromatic rings. The number of ether oxygens (including phenoxy) is 3. The molecule has 7 nitrogen and oxygen atoms in total. The van der Waals surface area contributed by atoms with Crippen LogP contribution >= 0.6 is 0 Å². The zero-order chi connectivity index (χ0) is 15.7. The Labute approximate surface area is 127 Å². The highest BCUT2D eigenvalue weighted by molar-refractivity contribution is 5.41. The highest BCUT2D eigenvalue weighted by Crippen LogP contribution is 2.30. The van der Waals surface area contributed by atoms with E-state index in [1.54, 1.807) is 18.2 Å². The van der Waals surface area contributed by atoms with E-state index in [4.69, 9.17) is 19.3 Å². The van der Waals surface area contributed by atoms with Gasteiger partial charge >= 0.3 is 0 Å². The van der Waals surface area contributed by atoms with Crippen molar-refractivity contribution in [2.75, 3.05) is 13.2 Å². The molecule has 0 aromatic heterocycles. The van der Waals surface area contributed by atoms with Crippen molar-refractivity contribution in [3.63, 3.8) is 0 Å². The lowest BCUT2D eigenvalue weighted by atomic mass is 9.99. The number of fused-ring (bicyclic) bond motifs is 1. The second-order valence-electron chi connectivity index (χ2n) is 5.54. The number of rotatable bonds is 3. The van der Waals surface area contributed by atoms with Crippen LogP contribution in [0.4, 0.5) is 0 Å². The quantitative estimate of drug-likeness (QED) is 0.578. The summed E-state index contributed by atoms with van der Waals surface area (Å²) in [6, 6.07) is 5.27. The molecule has 7 heteroatoms. The van der Waals surface area contributed by atoms with Crippen LogP contribution in [-0.4, -0.2) is 64.3 Å². The van der Waals surface area contributed by atoms with Gasteiger partial charge in [-0.1, -0.05) is 0 Å². The average Bonchev–Trinajstić information content (AvgIpc) is 2.55. The van der Waals surface area contributed by atoms with Gasteiger partial charge in [0.1, 0.15) is 35.9 Å². The van der Waals surface area contributed by atoms with Gasteiger partial charge in [0.25, 0.3) is 0 Å². The van der Waals surface area contributed by atoms with Crippen LogP contribution in [0, 0.1) is 0 Å². The second kappa shape index (κ2) is 6.39. The van der Waals surface area contributed by atoms with Gasteiger partial charge in [0.15, 0.2) is 0 Å². The van der Waals surface area contributed by atoms with Crippen molar-refractivity contribution >= 4 is 0 Å². The fraction of sp³-hybridized carbons (Fsp3) is 0.600. The summed E-state index contributed by atoms with van der Waals surface area (Å²) in [6.45, 7) is 0.211. The van der Waals surface area contributed by atoms with Gasteiger partial charge in [-0.2, -0.15) is 0 Å². The molecule has 0 spiro atoms. The molecule has 2 aliphatic heterocycles. The molecule has 4 N–H and O–H groups in total. The second-order valence-corrected chi connectivity index (χ2v) is 5.54. The van der Waals surface area contributed by atoms with Crippen molar-refractivity contribution in [3.05, 3.63) is 23.8 Å². The first-order valence-electron chi connectivity index (χ1n) is 7.33. The molecule has 3 rings (SSSR count). The lowest BCUT2D eigenvalue weighted by Gasteiger charge is -2.39. The summed E-state index contributed by atoms with van der Waals surface area (Å²) in [5.74, 6) is 1.28. The number of aliphatic hydroxyl groups excluding tert-OH is 4. The molecule has 1 aromatic carbocycles. The SMILES string of the molecule is OCC1OC(Oc2ccc3c(c2)CCCO3)C(O)C(O)C1O.